The summed E-state index contributed by atoms with van der Waals surface area (Å²) in [7, 11) is 4.12. The summed E-state index contributed by atoms with van der Waals surface area (Å²) in [6.07, 6.45) is 2.91. The lowest BCUT2D eigenvalue weighted by Gasteiger charge is -2.05. The van der Waals surface area contributed by atoms with Gasteiger partial charge in [0.2, 0.25) is 0 Å². The van der Waals surface area contributed by atoms with Crippen LogP contribution in [-0.2, 0) is 0 Å². The van der Waals surface area contributed by atoms with Gasteiger partial charge in [0.05, 0.1) is 18.2 Å². The van der Waals surface area contributed by atoms with E-state index in [4.69, 9.17) is 5.73 Å². The van der Waals surface area contributed by atoms with Crippen LogP contribution < -0.4 is 5.73 Å². The molecule has 1 aromatic rings. The summed E-state index contributed by atoms with van der Waals surface area (Å²) in [6, 6.07) is 6.66. The first-order valence-corrected chi connectivity index (χ1v) is 7.38. The molecule has 0 saturated carbocycles. The van der Waals surface area contributed by atoms with E-state index < -0.39 is 0 Å². The number of rotatable bonds is 6. The van der Waals surface area contributed by atoms with Crippen molar-refractivity contribution < 1.29 is 0 Å². The van der Waals surface area contributed by atoms with E-state index in [9.17, 15) is 0 Å². The molecule has 0 aromatic carbocycles. The molecule has 0 bridgehead atoms. The Labute approximate surface area is 129 Å². The molecule has 0 amide bonds. The van der Waals surface area contributed by atoms with Crippen LogP contribution in [0.2, 0.25) is 0 Å². The molecule has 21 heavy (non-hydrogen) atoms. The van der Waals surface area contributed by atoms with Crippen LogP contribution in [0.1, 0.15) is 37.6 Å². The fourth-order valence-corrected chi connectivity index (χ4v) is 1.39. The lowest BCUT2D eigenvalue weighted by atomic mass is 10.2. The van der Waals surface area contributed by atoms with Gasteiger partial charge in [0.1, 0.15) is 0 Å². The fourth-order valence-electron chi connectivity index (χ4n) is 1.39. The molecule has 1 atom stereocenters. The number of aliphatic imine (C=N–C) groups is 2. The van der Waals surface area contributed by atoms with E-state index in [0.717, 1.165) is 31.7 Å². The molecule has 0 spiro atoms. The molecule has 0 aliphatic carbocycles. The standard InChI is InChI=1S/C8H17N3.C8H12N2/c1-4-9-8-10-6-5-7-11(2)3;1-6-3-4-8(7(2)9)10-5-6/h4-7H2,1-3H3;3-5,7H,9H2,1-2H3. The van der Waals surface area contributed by atoms with Crippen molar-refractivity contribution in [1.29, 1.82) is 0 Å². The van der Waals surface area contributed by atoms with Crippen molar-refractivity contribution in [3.63, 3.8) is 0 Å². The molecule has 1 rings (SSSR count). The van der Waals surface area contributed by atoms with E-state index >= 15 is 0 Å². The molecule has 0 aliphatic rings. The van der Waals surface area contributed by atoms with Gasteiger partial charge in [-0.1, -0.05) is 6.07 Å². The van der Waals surface area contributed by atoms with Crippen molar-refractivity contribution in [3.8, 4) is 0 Å². The van der Waals surface area contributed by atoms with E-state index in [1.165, 1.54) is 5.56 Å². The number of hydrogen-bond donors (Lipinski definition) is 1. The summed E-state index contributed by atoms with van der Waals surface area (Å²) in [5.41, 5.74) is 7.72. The summed E-state index contributed by atoms with van der Waals surface area (Å²) in [5.74, 6) is 0. The molecule has 0 saturated heterocycles. The summed E-state index contributed by atoms with van der Waals surface area (Å²) >= 11 is 0. The molecule has 1 unspecified atom stereocenters. The van der Waals surface area contributed by atoms with Crippen molar-refractivity contribution in [1.82, 2.24) is 9.88 Å². The Kier molecular flexibility index (Phi) is 11.3. The van der Waals surface area contributed by atoms with Crippen molar-refractivity contribution >= 4 is 6.01 Å². The van der Waals surface area contributed by atoms with Crippen molar-refractivity contribution in [2.45, 2.75) is 33.2 Å². The minimum Gasteiger partial charge on any atom is -0.323 e. The number of nitrogens with two attached hydrogens (primary N) is 1. The molecular formula is C16H29N5. The zero-order valence-corrected chi connectivity index (χ0v) is 14.0. The second-order valence-electron chi connectivity index (χ2n) is 5.16. The van der Waals surface area contributed by atoms with Gasteiger partial charge in [-0.3, -0.25) is 4.98 Å². The maximum Gasteiger partial charge on any atom is 0.0892 e. The molecule has 0 fully saturated rings. The highest BCUT2D eigenvalue weighted by Gasteiger charge is 1.97. The Morgan fingerprint density at radius 3 is 2.52 bits per heavy atom. The van der Waals surface area contributed by atoms with Gasteiger partial charge in [0.25, 0.3) is 0 Å². The van der Waals surface area contributed by atoms with Crippen LogP contribution in [-0.4, -0.2) is 49.6 Å². The molecule has 1 aromatic heterocycles. The Hall–Kier alpha value is -1.55. The summed E-state index contributed by atoms with van der Waals surface area (Å²) < 4.78 is 0. The number of pyridine rings is 1. The lowest BCUT2D eigenvalue weighted by Crippen LogP contribution is -2.13. The van der Waals surface area contributed by atoms with E-state index in [1.54, 1.807) is 0 Å². The van der Waals surface area contributed by atoms with E-state index in [-0.39, 0.29) is 6.04 Å². The molecule has 5 nitrogen and oxygen atoms in total. The Morgan fingerprint density at radius 1 is 1.33 bits per heavy atom. The van der Waals surface area contributed by atoms with Crippen LogP contribution in [0.5, 0.6) is 0 Å². The van der Waals surface area contributed by atoms with Gasteiger partial charge in [-0.05, 0) is 59.5 Å². The average molecular weight is 291 g/mol. The van der Waals surface area contributed by atoms with E-state index in [2.05, 4.69) is 40.0 Å². The molecule has 0 radical (unpaired) electrons. The van der Waals surface area contributed by atoms with Crippen molar-refractivity contribution in [2.75, 3.05) is 33.7 Å². The maximum absolute atomic E-state index is 5.60. The van der Waals surface area contributed by atoms with Gasteiger partial charge in [0.15, 0.2) is 0 Å². The predicted octanol–water partition coefficient (Wildman–Crippen LogP) is 2.54. The summed E-state index contributed by atoms with van der Waals surface area (Å²) in [6.45, 7) is 8.61. The topological polar surface area (TPSA) is 66.9 Å². The summed E-state index contributed by atoms with van der Waals surface area (Å²) in [4.78, 5) is 14.1. The molecule has 1 heterocycles. The molecule has 118 valence electrons. The number of nitrogens with zero attached hydrogens (tertiary/aromatic N) is 4. The van der Waals surface area contributed by atoms with Crippen molar-refractivity contribution in [3.05, 3.63) is 29.6 Å². The SMILES string of the molecule is CCN=C=NCCCN(C)C.Cc1ccc(C(C)N)nc1. The van der Waals surface area contributed by atoms with Crippen molar-refractivity contribution in [2.24, 2.45) is 15.7 Å². The van der Waals surface area contributed by atoms with Crippen LogP contribution >= 0.6 is 0 Å². The van der Waals surface area contributed by atoms with Gasteiger partial charge in [-0.15, -0.1) is 0 Å². The first kappa shape index (κ1) is 19.4. The minimum absolute atomic E-state index is 0.0422. The van der Waals surface area contributed by atoms with Gasteiger partial charge >= 0.3 is 0 Å². The molecule has 0 aliphatic heterocycles. The van der Waals surface area contributed by atoms with Gasteiger partial charge in [0, 0.05) is 18.8 Å². The highest BCUT2D eigenvalue weighted by Crippen LogP contribution is 2.05. The van der Waals surface area contributed by atoms with Gasteiger partial charge < -0.3 is 10.6 Å². The average Bonchev–Trinajstić information content (AvgIpc) is 2.43. The van der Waals surface area contributed by atoms with Gasteiger partial charge in [-0.25, -0.2) is 9.98 Å². The first-order valence-electron chi connectivity index (χ1n) is 7.38. The van der Waals surface area contributed by atoms with Gasteiger partial charge in [-0.2, -0.15) is 0 Å². The predicted molar refractivity (Wildman–Crippen MR) is 90.0 cm³/mol. The second-order valence-corrected chi connectivity index (χ2v) is 5.16. The first-order chi connectivity index (χ1) is 9.97. The minimum atomic E-state index is 0.0422. The zero-order chi connectivity index (χ0) is 16.1. The van der Waals surface area contributed by atoms with E-state index in [0.29, 0.717) is 0 Å². The van der Waals surface area contributed by atoms with Crippen LogP contribution in [0, 0.1) is 6.92 Å². The van der Waals surface area contributed by atoms with Crippen LogP contribution in [0.15, 0.2) is 28.3 Å². The van der Waals surface area contributed by atoms with Crippen LogP contribution in [0.4, 0.5) is 0 Å². The maximum atomic E-state index is 5.60. The number of aromatic nitrogens is 1. The fraction of sp³-hybridized carbons (Fsp3) is 0.625. The third kappa shape index (κ3) is 11.9. The third-order valence-electron chi connectivity index (χ3n) is 2.58. The normalized spacial score (nSPS) is 11.2. The second kappa shape index (κ2) is 12.2. The Balaban J connectivity index is 0.000000382. The highest BCUT2D eigenvalue weighted by molar-refractivity contribution is 5.40. The van der Waals surface area contributed by atoms with Crippen LogP contribution in [0.25, 0.3) is 0 Å². The smallest absolute Gasteiger partial charge is 0.0892 e. The van der Waals surface area contributed by atoms with E-state index in [1.807, 2.05) is 39.1 Å². The number of aryl methyl sites for hydroxylation is 1. The highest BCUT2D eigenvalue weighted by atomic mass is 15.0. The zero-order valence-electron chi connectivity index (χ0n) is 14.0. The number of hydrogen-bond acceptors (Lipinski definition) is 5. The molecular weight excluding hydrogens is 262 g/mol. The summed E-state index contributed by atoms with van der Waals surface area (Å²) in [5, 5.41) is 0. The largest absolute Gasteiger partial charge is 0.323 e. The molecule has 5 heteroatoms. The quantitative estimate of drug-likeness (QED) is 0.647. The monoisotopic (exact) mass is 291 g/mol. The Bertz CT molecular complexity index is 417. The van der Waals surface area contributed by atoms with Crippen LogP contribution in [0.3, 0.4) is 0 Å². The third-order valence-corrected chi connectivity index (χ3v) is 2.58. The Morgan fingerprint density at radius 2 is 2.05 bits per heavy atom. The lowest BCUT2D eigenvalue weighted by molar-refractivity contribution is 0.403. The molecule has 2 N–H and O–H groups in total.